The van der Waals surface area contributed by atoms with Crippen LogP contribution in [-0.4, -0.2) is 58.0 Å². The number of aryl methyl sites for hydroxylation is 1. The number of aliphatic hydroxyl groups excluding tert-OH is 2. The molecule has 39 heavy (non-hydrogen) atoms. The van der Waals surface area contributed by atoms with Crippen LogP contribution >= 0.6 is 11.3 Å². The molecule has 0 bridgehead atoms. The highest BCUT2D eigenvalue weighted by atomic mass is 32.1. The van der Waals surface area contributed by atoms with Crippen molar-refractivity contribution in [1.29, 1.82) is 0 Å². The Balaban J connectivity index is 1.31. The summed E-state index contributed by atoms with van der Waals surface area (Å²) in [5.74, 6) is -2.44. The Morgan fingerprint density at radius 3 is 2.74 bits per heavy atom. The molecule has 1 aliphatic heterocycles. The lowest BCUT2D eigenvalue weighted by molar-refractivity contribution is -0.235. The van der Waals surface area contributed by atoms with E-state index in [-0.39, 0.29) is 24.8 Å². The van der Waals surface area contributed by atoms with Crippen LogP contribution in [0.3, 0.4) is 0 Å². The van der Waals surface area contributed by atoms with Gasteiger partial charge >= 0.3 is 0 Å². The summed E-state index contributed by atoms with van der Waals surface area (Å²) in [7, 11) is 0. The third-order valence-corrected chi connectivity index (χ3v) is 12.4. The number of carbonyl (C=O) groups excluding carboxylic acids is 2. The SMILES string of the molecule is C[C@]12C=CC(=O)C=C1[C@@H](F)C[C@H]1[C@@H]3C[C@H]4O[C@H](c5csc6c5CCCC6)O[C@@]4(C(=O)CO)[C@@]3(C)C[C@H](O)[C@@]12F. The number of aliphatic hydroxyl groups is 2. The molecule has 4 fully saturated rings. The summed E-state index contributed by atoms with van der Waals surface area (Å²) in [5.41, 5.74) is -4.28. The highest BCUT2D eigenvalue weighted by Gasteiger charge is 2.80. The Bertz CT molecular complexity index is 1320. The molecule has 1 saturated heterocycles. The lowest BCUT2D eigenvalue weighted by atomic mass is 9.44. The molecule has 6 aliphatic rings. The third kappa shape index (κ3) is 3.03. The van der Waals surface area contributed by atoms with E-state index < -0.39 is 76.8 Å². The summed E-state index contributed by atoms with van der Waals surface area (Å²) in [5, 5.41) is 23.8. The molecule has 1 aromatic rings. The maximum atomic E-state index is 17.5. The van der Waals surface area contributed by atoms with Crippen molar-refractivity contribution in [3.8, 4) is 0 Å². The van der Waals surface area contributed by atoms with E-state index in [1.807, 2.05) is 12.3 Å². The van der Waals surface area contributed by atoms with Gasteiger partial charge in [0.05, 0.1) is 12.2 Å². The van der Waals surface area contributed by atoms with Crippen LogP contribution in [0.4, 0.5) is 8.78 Å². The van der Waals surface area contributed by atoms with E-state index in [4.69, 9.17) is 9.47 Å². The monoisotopic (exact) mass is 560 g/mol. The number of ether oxygens (including phenoxy) is 2. The number of rotatable bonds is 3. The number of halogens is 2. The van der Waals surface area contributed by atoms with Crippen LogP contribution < -0.4 is 0 Å². The molecule has 6 nitrogen and oxygen atoms in total. The van der Waals surface area contributed by atoms with Crippen molar-refractivity contribution in [2.45, 2.75) is 94.7 Å². The predicted molar refractivity (Wildman–Crippen MR) is 139 cm³/mol. The van der Waals surface area contributed by atoms with Crippen LogP contribution in [-0.2, 0) is 31.9 Å². The summed E-state index contributed by atoms with van der Waals surface area (Å²) < 4.78 is 46.3. The summed E-state index contributed by atoms with van der Waals surface area (Å²) >= 11 is 1.67. The number of carbonyl (C=O) groups is 2. The number of alkyl halides is 2. The Hall–Kier alpha value is -1.78. The highest BCUT2D eigenvalue weighted by molar-refractivity contribution is 7.10. The largest absolute Gasteiger partial charge is 0.390 e. The van der Waals surface area contributed by atoms with Crippen molar-refractivity contribution in [1.82, 2.24) is 0 Å². The first kappa shape index (κ1) is 26.1. The van der Waals surface area contributed by atoms with Crippen molar-refractivity contribution in [2.24, 2.45) is 22.7 Å². The summed E-state index contributed by atoms with van der Waals surface area (Å²) in [6, 6.07) is 0. The van der Waals surface area contributed by atoms with Crippen LogP contribution in [0.1, 0.15) is 68.2 Å². The summed E-state index contributed by atoms with van der Waals surface area (Å²) in [6.07, 6.45) is 3.17. The van der Waals surface area contributed by atoms with Crippen LogP contribution in [0, 0.1) is 22.7 Å². The average molecular weight is 561 g/mol. The average Bonchev–Trinajstić information content (AvgIpc) is 3.57. The molecule has 10 atom stereocenters. The smallest absolute Gasteiger partial charge is 0.193 e. The Morgan fingerprint density at radius 2 is 1.97 bits per heavy atom. The molecular formula is C30H34F2O6S. The Labute approximate surface area is 230 Å². The van der Waals surface area contributed by atoms with E-state index in [9.17, 15) is 19.8 Å². The molecule has 0 unspecified atom stereocenters. The van der Waals surface area contributed by atoms with Gasteiger partial charge in [-0.25, -0.2) is 8.78 Å². The van der Waals surface area contributed by atoms with Crippen LogP contribution in [0.5, 0.6) is 0 Å². The van der Waals surface area contributed by atoms with Gasteiger partial charge in [0, 0.05) is 27.2 Å². The first-order chi connectivity index (χ1) is 18.5. The van der Waals surface area contributed by atoms with Crippen molar-refractivity contribution >= 4 is 22.9 Å². The number of ketones is 2. The van der Waals surface area contributed by atoms with Gasteiger partial charge in [-0.15, -0.1) is 11.3 Å². The van der Waals surface area contributed by atoms with E-state index in [1.54, 1.807) is 18.3 Å². The number of allylic oxidation sites excluding steroid dienone is 4. The lowest BCUT2D eigenvalue weighted by Gasteiger charge is -2.63. The van der Waals surface area contributed by atoms with Gasteiger partial charge in [0.15, 0.2) is 29.1 Å². The van der Waals surface area contributed by atoms with Gasteiger partial charge in [-0.05, 0) is 86.5 Å². The highest BCUT2D eigenvalue weighted by Crippen LogP contribution is 2.72. The molecule has 5 aliphatic carbocycles. The predicted octanol–water partition coefficient (Wildman–Crippen LogP) is 4.27. The Kier molecular flexibility index (Phi) is 5.62. The van der Waals surface area contributed by atoms with Crippen molar-refractivity contribution in [3.05, 3.63) is 45.2 Å². The molecule has 0 radical (unpaired) electrons. The lowest BCUT2D eigenvalue weighted by Crippen LogP contribution is -2.70. The van der Waals surface area contributed by atoms with Gasteiger partial charge in [0.25, 0.3) is 0 Å². The zero-order valence-electron chi connectivity index (χ0n) is 22.1. The zero-order chi connectivity index (χ0) is 27.5. The number of hydrogen-bond donors (Lipinski definition) is 2. The maximum Gasteiger partial charge on any atom is 0.193 e. The van der Waals surface area contributed by atoms with E-state index in [1.165, 1.54) is 28.7 Å². The molecule has 2 N–H and O–H groups in total. The first-order valence-corrected chi connectivity index (χ1v) is 14.9. The van der Waals surface area contributed by atoms with E-state index in [0.717, 1.165) is 31.2 Å². The van der Waals surface area contributed by atoms with Crippen LogP contribution in [0.25, 0.3) is 0 Å². The van der Waals surface area contributed by atoms with Gasteiger partial charge < -0.3 is 19.7 Å². The fourth-order valence-corrected chi connectivity index (χ4v) is 10.6. The van der Waals surface area contributed by atoms with E-state index in [2.05, 4.69) is 0 Å². The molecule has 3 saturated carbocycles. The standard InChI is InChI=1S/C30H34F2O6S/c1-27-8-7-15(34)9-20(27)21(31)10-19-18-11-25-30(24(36)13-33,28(18,2)12-23(35)29(19,27)32)38-26(37-25)17-14-39-22-6-4-3-5-16(17)22/h7-9,14,18-19,21,23,25-26,33,35H,3-6,10-13H2,1-2H3/t18-,19-,21-,23-,25+,26-,27-,28-,29-,30+/m0/s1. The molecule has 7 rings (SSSR count). The maximum absolute atomic E-state index is 17.5. The van der Waals surface area contributed by atoms with E-state index >= 15 is 8.78 Å². The van der Waals surface area contributed by atoms with Gasteiger partial charge in [0.1, 0.15) is 12.8 Å². The van der Waals surface area contributed by atoms with E-state index in [0.29, 0.717) is 0 Å². The molecular weight excluding hydrogens is 526 g/mol. The molecule has 1 aromatic heterocycles. The molecule has 0 aromatic carbocycles. The van der Waals surface area contributed by atoms with Gasteiger partial charge in [-0.3, -0.25) is 9.59 Å². The second-order valence-electron chi connectivity index (χ2n) is 12.8. The second kappa shape index (κ2) is 8.38. The zero-order valence-corrected chi connectivity index (χ0v) is 22.9. The van der Waals surface area contributed by atoms with Gasteiger partial charge in [0.2, 0.25) is 0 Å². The fraction of sp³-hybridized carbons (Fsp3) is 0.667. The normalized spacial score (nSPS) is 48.1. The van der Waals surface area contributed by atoms with Gasteiger partial charge in [-0.2, -0.15) is 0 Å². The summed E-state index contributed by atoms with van der Waals surface area (Å²) in [4.78, 5) is 27.0. The molecule has 2 heterocycles. The quantitative estimate of drug-likeness (QED) is 0.574. The van der Waals surface area contributed by atoms with Crippen LogP contribution in [0.15, 0.2) is 29.2 Å². The number of fused-ring (bicyclic) bond motifs is 8. The fourth-order valence-electron chi connectivity index (χ4n) is 9.42. The first-order valence-electron chi connectivity index (χ1n) is 14.0. The number of hydrogen-bond acceptors (Lipinski definition) is 7. The molecule has 9 heteroatoms. The van der Waals surface area contributed by atoms with Gasteiger partial charge in [-0.1, -0.05) is 13.0 Å². The van der Waals surface area contributed by atoms with Crippen molar-refractivity contribution < 1.29 is 38.1 Å². The second-order valence-corrected chi connectivity index (χ2v) is 13.8. The topological polar surface area (TPSA) is 93.1 Å². The van der Waals surface area contributed by atoms with Crippen molar-refractivity contribution in [3.63, 3.8) is 0 Å². The molecule has 0 spiro atoms. The molecule has 0 amide bonds. The Morgan fingerprint density at radius 1 is 1.21 bits per heavy atom. The summed E-state index contributed by atoms with van der Waals surface area (Å²) in [6.45, 7) is 2.59. The minimum Gasteiger partial charge on any atom is -0.390 e. The van der Waals surface area contributed by atoms with Crippen LogP contribution in [0.2, 0.25) is 0 Å². The number of Topliss-reactive ketones (excluding diaryl/α,β-unsaturated/α-hetero) is 1. The third-order valence-electron chi connectivity index (χ3n) is 11.3. The minimum absolute atomic E-state index is 0.0607. The van der Waals surface area contributed by atoms with Crippen molar-refractivity contribution in [2.75, 3.05) is 6.61 Å². The number of thiophene rings is 1. The molecule has 210 valence electrons. The minimum atomic E-state index is -2.25.